The number of ether oxygens (including phenoxy) is 1. The summed E-state index contributed by atoms with van der Waals surface area (Å²) in [7, 11) is 0. The maximum absolute atomic E-state index is 5.62. The van der Waals surface area contributed by atoms with Crippen LogP contribution in [0.3, 0.4) is 0 Å². The Morgan fingerprint density at radius 3 is 2.81 bits per heavy atom. The third-order valence-electron chi connectivity index (χ3n) is 2.55. The van der Waals surface area contributed by atoms with Crippen LogP contribution in [0.25, 0.3) is 0 Å². The maximum Gasteiger partial charge on any atom is 0.218 e. The van der Waals surface area contributed by atoms with Crippen molar-refractivity contribution in [3.63, 3.8) is 0 Å². The second kappa shape index (κ2) is 4.65. The Bertz CT molecular complexity index is 363. The molecular weight excluding hydrogens is 204 g/mol. The van der Waals surface area contributed by atoms with E-state index in [1.54, 1.807) is 6.07 Å². The number of hydrogen-bond acceptors (Lipinski definition) is 5. The van der Waals surface area contributed by atoms with E-state index >= 15 is 0 Å². The molecule has 88 valence electrons. The topological polar surface area (TPSA) is 73.1 Å². The van der Waals surface area contributed by atoms with E-state index in [0.717, 1.165) is 12.4 Å². The van der Waals surface area contributed by atoms with Gasteiger partial charge in [-0.3, -0.25) is 0 Å². The van der Waals surface area contributed by atoms with Gasteiger partial charge in [-0.05, 0) is 18.8 Å². The van der Waals surface area contributed by atoms with Crippen molar-refractivity contribution in [1.29, 1.82) is 0 Å². The molecule has 5 nitrogen and oxygen atoms in total. The summed E-state index contributed by atoms with van der Waals surface area (Å²) in [6.45, 7) is 4.83. The van der Waals surface area contributed by atoms with Gasteiger partial charge in [0.25, 0.3) is 0 Å². The number of rotatable bonds is 5. The zero-order valence-corrected chi connectivity index (χ0v) is 9.73. The van der Waals surface area contributed by atoms with Crippen LogP contribution in [-0.2, 0) is 0 Å². The summed E-state index contributed by atoms with van der Waals surface area (Å²) < 4.78 is 5.62. The molecule has 1 aliphatic carbocycles. The van der Waals surface area contributed by atoms with Crippen LogP contribution in [0.1, 0.15) is 38.4 Å². The fourth-order valence-corrected chi connectivity index (χ4v) is 1.34. The number of nitrogens with two attached hydrogens (primary N) is 1. The molecule has 1 heterocycles. The van der Waals surface area contributed by atoms with Gasteiger partial charge in [-0.15, -0.1) is 0 Å². The lowest BCUT2D eigenvalue weighted by Gasteiger charge is -2.10. The SMILES string of the molecule is CC(C)c1nc(NN)cc(OCC2CC2)n1. The lowest BCUT2D eigenvalue weighted by Crippen LogP contribution is -2.12. The van der Waals surface area contributed by atoms with Crippen molar-refractivity contribution < 1.29 is 4.74 Å². The summed E-state index contributed by atoms with van der Waals surface area (Å²) in [4.78, 5) is 8.62. The number of nitrogen functional groups attached to an aromatic ring is 1. The summed E-state index contributed by atoms with van der Waals surface area (Å²) in [6, 6.07) is 1.73. The number of nitrogens with zero attached hydrogens (tertiary/aromatic N) is 2. The molecule has 1 saturated carbocycles. The standard InChI is InChI=1S/C11H18N4O/c1-7(2)11-13-9(15-12)5-10(14-11)16-6-8-3-4-8/h5,7-8H,3-4,6,12H2,1-2H3,(H,13,14,15). The smallest absolute Gasteiger partial charge is 0.218 e. The van der Waals surface area contributed by atoms with Gasteiger partial charge in [0.2, 0.25) is 5.88 Å². The van der Waals surface area contributed by atoms with E-state index in [9.17, 15) is 0 Å². The average Bonchev–Trinajstić information content (AvgIpc) is 3.09. The van der Waals surface area contributed by atoms with Gasteiger partial charge in [0, 0.05) is 12.0 Å². The van der Waals surface area contributed by atoms with Crippen molar-refractivity contribution in [2.24, 2.45) is 11.8 Å². The Balaban J connectivity index is 2.11. The number of nitrogens with one attached hydrogen (secondary N) is 1. The van der Waals surface area contributed by atoms with Gasteiger partial charge < -0.3 is 10.2 Å². The molecule has 1 aromatic heterocycles. The highest BCUT2D eigenvalue weighted by atomic mass is 16.5. The maximum atomic E-state index is 5.62. The molecule has 1 aromatic rings. The molecule has 0 amide bonds. The predicted octanol–water partition coefficient (Wildman–Crippen LogP) is 1.67. The number of anilines is 1. The summed E-state index contributed by atoms with van der Waals surface area (Å²) in [5.41, 5.74) is 2.53. The summed E-state index contributed by atoms with van der Waals surface area (Å²) in [5.74, 6) is 8.30. The molecule has 0 radical (unpaired) electrons. The van der Waals surface area contributed by atoms with Crippen molar-refractivity contribution in [3.8, 4) is 5.88 Å². The molecule has 0 unspecified atom stereocenters. The van der Waals surface area contributed by atoms with Gasteiger partial charge in [0.1, 0.15) is 11.6 Å². The monoisotopic (exact) mass is 222 g/mol. The Morgan fingerprint density at radius 1 is 1.50 bits per heavy atom. The molecule has 0 atom stereocenters. The summed E-state index contributed by atoms with van der Waals surface area (Å²) in [5, 5.41) is 0. The molecule has 0 spiro atoms. The van der Waals surface area contributed by atoms with E-state index in [2.05, 4.69) is 15.4 Å². The van der Waals surface area contributed by atoms with E-state index in [1.807, 2.05) is 13.8 Å². The Morgan fingerprint density at radius 2 is 2.25 bits per heavy atom. The van der Waals surface area contributed by atoms with Crippen molar-refractivity contribution in [1.82, 2.24) is 9.97 Å². The summed E-state index contributed by atoms with van der Waals surface area (Å²) >= 11 is 0. The lowest BCUT2D eigenvalue weighted by atomic mass is 10.2. The van der Waals surface area contributed by atoms with Crippen LogP contribution >= 0.6 is 0 Å². The van der Waals surface area contributed by atoms with Crippen LogP contribution in [0.2, 0.25) is 0 Å². The Hall–Kier alpha value is -1.36. The quantitative estimate of drug-likeness (QED) is 0.585. The second-order valence-corrected chi connectivity index (χ2v) is 4.50. The third-order valence-corrected chi connectivity index (χ3v) is 2.55. The van der Waals surface area contributed by atoms with Crippen molar-refractivity contribution in [2.45, 2.75) is 32.6 Å². The molecule has 5 heteroatoms. The Labute approximate surface area is 95.4 Å². The van der Waals surface area contributed by atoms with Crippen LogP contribution in [0.15, 0.2) is 6.07 Å². The fourth-order valence-electron chi connectivity index (χ4n) is 1.34. The van der Waals surface area contributed by atoms with Crippen LogP contribution in [0, 0.1) is 5.92 Å². The predicted molar refractivity (Wildman–Crippen MR) is 62.2 cm³/mol. The van der Waals surface area contributed by atoms with E-state index in [1.165, 1.54) is 12.8 Å². The van der Waals surface area contributed by atoms with Crippen molar-refractivity contribution >= 4 is 5.82 Å². The fraction of sp³-hybridized carbons (Fsp3) is 0.636. The lowest BCUT2D eigenvalue weighted by molar-refractivity contribution is 0.286. The van der Waals surface area contributed by atoms with Gasteiger partial charge in [0.05, 0.1) is 6.61 Å². The first kappa shape index (κ1) is 11.1. The first-order valence-electron chi connectivity index (χ1n) is 5.67. The molecule has 0 bridgehead atoms. The number of hydrazine groups is 1. The molecule has 3 N–H and O–H groups in total. The number of hydrogen-bond donors (Lipinski definition) is 2. The highest BCUT2D eigenvalue weighted by molar-refractivity contribution is 5.37. The zero-order valence-electron chi connectivity index (χ0n) is 9.73. The van der Waals surface area contributed by atoms with Gasteiger partial charge in [0.15, 0.2) is 0 Å². The molecule has 0 aromatic carbocycles. The van der Waals surface area contributed by atoms with E-state index < -0.39 is 0 Å². The number of aromatic nitrogens is 2. The van der Waals surface area contributed by atoms with E-state index in [-0.39, 0.29) is 5.92 Å². The highest BCUT2D eigenvalue weighted by Crippen LogP contribution is 2.29. The average molecular weight is 222 g/mol. The van der Waals surface area contributed by atoms with E-state index in [4.69, 9.17) is 10.6 Å². The zero-order chi connectivity index (χ0) is 11.5. The normalized spacial score (nSPS) is 15.2. The van der Waals surface area contributed by atoms with Gasteiger partial charge in [-0.1, -0.05) is 13.8 Å². The molecule has 1 aliphatic rings. The third kappa shape index (κ3) is 2.82. The van der Waals surface area contributed by atoms with Crippen molar-refractivity contribution in [3.05, 3.63) is 11.9 Å². The minimum absolute atomic E-state index is 0.261. The second-order valence-electron chi connectivity index (χ2n) is 4.50. The molecule has 0 aliphatic heterocycles. The first-order valence-corrected chi connectivity index (χ1v) is 5.67. The van der Waals surface area contributed by atoms with Gasteiger partial charge in [-0.2, -0.15) is 4.98 Å². The van der Waals surface area contributed by atoms with Crippen molar-refractivity contribution in [2.75, 3.05) is 12.0 Å². The van der Waals surface area contributed by atoms with E-state index in [0.29, 0.717) is 17.6 Å². The summed E-state index contributed by atoms with van der Waals surface area (Å²) in [6.07, 6.45) is 2.54. The first-order chi connectivity index (χ1) is 7.69. The molecule has 0 saturated heterocycles. The Kier molecular flexibility index (Phi) is 3.24. The largest absolute Gasteiger partial charge is 0.477 e. The molecule has 2 rings (SSSR count). The van der Waals surface area contributed by atoms with Crippen LogP contribution in [0.4, 0.5) is 5.82 Å². The van der Waals surface area contributed by atoms with Gasteiger partial charge >= 0.3 is 0 Å². The molecular formula is C11H18N4O. The van der Waals surface area contributed by atoms with Crippen LogP contribution in [0.5, 0.6) is 5.88 Å². The minimum Gasteiger partial charge on any atom is -0.477 e. The molecule has 16 heavy (non-hydrogen) atoms. The minimum atomic E-state index is 0.261. The van der Waals surface area contributed by atoms with Gasteiger partial charge in [-0.25, -0.2) is 10.8 Å². The van der Waals surface area contributed by atoms with Crippen LogP contribution in [-0.4, -0.2) is 16.6 Å². The highest BCUT2D eigenvalue weighted by Gasteiger charge is 2.22. The molecule has 1 fully saturated rings. The van der Waals surface area contributed by atoms with Crippen LogP contribution < -0.4 is 16.0 Å².